The lowest BCUT2D eigenvalue weighted by Gasteiger charge is -2.04. The van der Waals surface area contributed by atoms with Gasteiger partial charge in [0.05, 0.1) is 0 Å². The molecule has 0 aliphatic heterocycles. The fourth-order valence-corrected chi connectivity index (χ4v) is 3.16. The third kappa shape index (κ3) is 9.45. The van der Waals surface area contributed by atoms with Crippen LogP contribution in [0.1, 0.15) is 18.4 Å². The van der Waals surface area contributed by atoms with E-state index in [0.717, 1.165) is 30.3 Å². The summed E-state index contributed by atoms with van der Waals surface area (Å²) in [6.45, 7) is 1.45. The van der Waals surface area contributed by atoms with Gasteiger partial charge in [-0.2, -0.15) is 8.42 Å². The number of unbranched alkanes of at least 4 members (excludes halogenated alkanes) is 1. The van der Waals surface area contributed by atoms with Crippen molar-refractivity contribution in [1.82, 2.24) is 5.32 Å². The van der Waals surface area contributed by atoms with Crippen molar-refractivity contribution in [3.8, 4) is 0 Å². The van der Waals surface area contributed by atoms with E-state index in [2.05, 4.69) is 33.4 Å². The molecule has 0 aromatic heterocycles. The van der Waals surface area contributed by atoms with Crippen molar-refractivity contribution in [3.63, 3.8) is 0 Å². The SMILES string of the molecule is O=S(=O)(O)SCCNCCCCc1ccc(Br)cc1. The highest BCUT2D eigenvalue weighted by Crippen LogP contribution is 2.12. The second-order valence-electron chi connectivity index (χ2n) is 4.08. The van der Waals surface area contributed by atoms with E-state index >= 15 is 0 Å². The Balaban J connectivity index is 1.98. The average Bonchev–Trinajstić information content (AvgIpc) is 2.33. The Morgan fingerprint density at radius 1 is 1.16 bits per heavy atom. The molecular formula is C12H18BrNO3S2. The first-order chi connectivity index (χ1) is 8.97. The number of hydrogen-bond donors (Lipinski definition) is 2. The molecular weight excluding hydrogens is 350 g/mol. The molecule has 7 heteroatoms. The van der Waals surface area contributed by atoms with Gasteiger partial charge in [-0.3, -0.25) is 4.55 Å². The molecule has 0 aliphatic carbocycles. The molecule has 0 fully saturated rings. The minimum absolute atomic E-state index is 0.367. The molecule has 0 aliphatic rings. The zero-order chi connectivity index (χ0) is 14.1. The van der Waals surface area contributed by atoms with Crippen molar-refractivity contribution >= 4 is 35.9 Å². The maximum atomic E-state index is 10.4. The fraction of sp³-hybridized carbons (Fsp3) is 0.500. The van der Waals surface area contributed by atoms with Gasteiger partial charge in [0.25, 0.3) is 0 Å². The number of aryl methyl sites for hydroxylation is 1. The molecule has 0 amide bonds. The third-order valence-electron chi connectivity index (χ3n) is 2.49. The summed E-state index contributed by atoms with van der Waals surface area (Å²) in [6, 6.07) is 8.31. The van der Waals surface area contributed by atoms with E-state index in [9.17, 15) is 8.42 Å². The van der Waals surface area contributed by atoms with E-state index in [4.69, 9.17) is 4.55 Å². The zero-order valence-corrected chi connectivity index (χ0v) is 13.7. The van der Waals surface area contributed by atoms with Gasteiger partial charge in [0.2, 0.25) is 0 Å². The number of rotatable bonds is 9. The molecule has 0 atom stereocenters. The van der Waals surface area contributed by atoms with Crippen LogP contribution in [0.25, 0.3) is 0 Å². The van der Waals surface area contributed by atoms with Crippen LogP contribution in [0.4, 0.5) is 0 Å². The molecule has 0 saturated heterocycles. The summed E-state index contributed by atoms with van der Waals surface area (Å²) in [5, 5.41) is 3.15. The third-order valence-corrected chi connectivity index (χ3v) is 5.08. The Hall–Kier alpha value is -0.0800. The molecule has 0 spiro atoms. The van der Waals surface area contributed by atoms with E-state index in [1.807, 2.05) is 12.1 Å². The molecule has 0 bridgehead atoms. The summed E-state index contributed by atoms with van der Waals surface area (Å²) in [7, 11) is -3.33. The van der Waals surface area contributed by atoms with Crippen LogP contribution in [0.15, 0.2) is 28.7 Å². The largest absolute Gasteiger partial charge is 0.319 e. The molecule has 19 heavy (non-hydrogen) atoms. The van der Waals surface area contributed by atoms with Gasteiger partial charge in [-0.1, -0.05) is 28.1 Å². The number of halogens is 1. The monoisotopic (exact) mass is 367 g/mol. The van der Waals surface area contributed by atoms with Crippen LogP contribution in [-0.4, -0.2) is 31.8 Å². The molecule has 1 aromatic carbocycles. The smallest absolute Gasteiger partial charge is 0.316 e. The highest BCUT2D eigenvalue weighted by molar-refractivity contribution is 9.10. The van der Waals surface area contributed by atoms with Crippen LogP contribution >= 0.6 is 26.7 Å². The minimum atomic E-state index is -3.89. The first-order valence-electron chi connectivity index (χ1n) is 6.04. The molecule has 108 valence electrons. The predicted octanol–water partition coefficient (Wildman–Crippen LogP) is 2.90. The summed E-state index contributed by atoms with van der Waals surface area (Å²) in [6.07, 6.45) is 3.20. The van der Waals surface area contributed by atoms with Gasteiger partial charge in [0.1, 0.15) is 0 Å². The first kappa shape index (κ1) is 17.0. The summed E-state index contributed by atoms with van der Waals surface area (Å²) >= 11 is 3.40. The summed E-state index contributed by atoms with van der Waals surface area (Å²) in [5.41, 5.74) is 1.32. The standard InChI is InChI=1S/C12H18BrNO3S2/c13-12-6-4-11(5-7-12)3-1-2-8-14-9-10-18-19(15,16)17/h4-7,14H,1-3,8-10H2,(H,15,16,17). The van der Waals surface area contributed by atoms with E-state index in [1.54, 1.807) is 0 Å². The molecule has 1 aromatic rings. The number of benzene rings is 1. The van der Waals surface area contributed by atoms with E-state index in [0.29, 0.717) is 23.1 Å². The highest BCUT2D eigenvalue weighted by atomic mass is 79.9. The van der Waals surface area contributed by atoms with Gasteiger partial charge in [-0.15, -0.1) is 0 Å². The van der Waals surface area contributed by atoms with Crippen molar-refractivity contribution in [2.75, 3.05) is 18.8 Å². The van der Waals surface area contributed by atoms with Gasteiger partial charge in [0, 0.05) is 16.8 Å². The van der Waals surface area contributed by atoms with E-state index in [-0.39, 0.29) is 0 Å². The minimum Gasteiger partial charge on any atom is -0.316 e. The number of hydrogen-bond acceptors (Lipinski definition) is 4. The van der Waals surface area contributed by atoms with Gasteiger partial charge in [-0.05, 0) is 54.3 Å². The molecule has 0 heterocycles. The predicted molar refractivity (Wildman–Crippen MR) is 84.0 cm³/mol. The summed E-state index contributed by atoms with van der Waals surface area (Å²) in [5.74, 6) is 0.367. The van der Waals surface area contributed by atoms with Crippen LogP contribution in [0, 0.1) is 0 Å². The highest BCUT2D eigenvalue weighted by Gasteiger charge is 2.03. The van der Waals surface area contributed by atoms with Gasteiger partial charge in [0.15, 0.2) is 0 Å². The summed E-state index contributed by atoms with van der Waals surface area (Å²) < 4.78 is 30.5. The Morgan fingerprint density at radius 3 is 2.47 bits per heavy atom. The van der Waals surface area contributed by atoms with Gasteiger partial charge in [-0.25, -0.2) is 0 Å². The van der Waals surface area contributed by atoms with Crippen LogP contribution in [0.2, 0.25) is 0 Å². The Kier molecular flexibility index (Phi) is 8.01. The fourth-order valence-electron chi connectivity index (χ4n) is 1.57. The quantitative estimate of drug-likeness (QED) is 0.399. The Morgan fingerprint density at radius 2 is 1.84 bits per heavy atom. The second-order valence-corrected chi connectivity index (χ2v) is 8.47. The van der Waals surface area contributed by atoms with Crippen LogP contribution in [0.3, 0.4) is 0 Å². The van der Waals surface area contributed by atoms with Crippen molar-refractivity contribution in [1.29, 1.82) is 0 Å². The van der Waals surface area contributed by atoms with Crippen LogP contribution in [0.5, 0.6) is 0 Å². The van der Waals surface area contributed by atoms with Crippen LogP contribution < -0.4 is 5.32 Å². The molecule has 2 N–H and O–H groups in total. The topological polar surface area (TPSA) is 66.4 Å². The van der Waals surface area contributed by atoms with Gasteiger partial charge >= 0.3 is 9.15 Å². The molecule has 4 nitrogen and oxygen atoms in total. The molecule has 0 saturated carbocycles. The molecule has 0 radical (unpaired) electrons. The van der Waals surface area contributed by atoms with Crippen molar-refractivity contribution < 1.29 is 13.0 Å². The molecule has 0 unspecified atom stereocenters. The normalized spacial score (nSPS) is 11.7. The van der Waals surface area contributed by atoms with Crippen molar-refractivity contribution in [2.24, 2.45) is 0 Å². The first-order valence-corrected chi connectivity index (χ1v) is 9.78. The number of nitrogens with one attached hydrogen (secondary N) is 1. The Bertz CT molecular complexity index is 462. The van der Waals surface area contributed by atoms with Crippen molar-refractivity contribution in [3.05, 3.63) is 34.3 Å². The van der Waals surface area contributed by atoms with E-state index in [1.165, 1.54) is 5.56 Å². The maximum absolute atomic E-state index is 10.4. The lowest BCUT2D eigenvalue weighted by Crippen LogP contribution is -2.19. The van der Waals surface area contributed by atoms with E-state index < -0.39 is 9.15 Å². The second kappa shape index (κ2) is 8.97. The molecule has 1 rings (SSSR count). The van der Waals surface area contributed by atoms with Gasteiger partial charge < -0.3 is 5.32 Å². The summed E-state index contributed by atoms with van der Waals surface area (Å²) in [4.78, 5) is 0. The maximum Gasteiger partial charge on any atom is 0.319 e. The zero-order valence-electron chi connectivity index (χ0n) is 10.5. The lowest BCUT2D eigenvalue weighted by atomic mass is 10.1. The van der Waals surface area contributed by atoms with Crippen LogP contribution in [-0.2, 0) is 15.6 Å². The average molecular weight is 368 g/mol. The van der Waals surface area contributed by atoms with Crippen molar-refractivity contribution in [2.45, 2.75) is 19.3 Å². The lowest BCUT2D eigenvalue weighted by molar-refractivity contribution is 0.503. The Labute approximate surface area is 126 Å².